The Morgan fingerprint density at radius 1 is 1.09 bits per heavy atom. The summed E-state index contributed by atoms with van der Waals surface area (Å²) in [6, 6.07) is 20.9. The molecule has 0 aromatic heterocycles. The lowest BCUT2D eigenvalue weighted by Crippen LogP contribution is -2.46. The van der Waals surface area contributed by atoms with Crippen LogP contribution in [-0.2, 0) is 0 Å². The average Bonchev–Trinajstić information content (AvgIpc) is 2.59. The van der Waals surface area contributed by atoms with Gasteiger partial charge in [0.2, 0.25) is 0 Å². The zero-order valence-electron chi connectivity index (χ0n) is 13.7. The molecule has 3 heteroatoms. The summed E-state index contributed by atoms with van der Waals surface area (Å²) in [5, 5.41) is 14.0. The van der Waals surface area contributed by atoms with Crippen molar-refractivity contribution in [2.45, 2.75) is 25.5 Å². The molecule has 3 nitrogen and oxygen atoms in total. The third-order valence-corrected chi connectivity index (χ3v) is 4.73. The second-order valence-electron chi connectivity index (χ2n) is 6.57. The molecule has 1 saturated heterocycles. The summed E-state index contributed by atoms with van der Waals surface area (Å²) in [5.74, 6) is 0.562. The fraction of sp³-hybridized carbons (Fsp3) is 0.400. The number of anilines is 1. The van der Waals surface area contributed by atoms with Gasteiger partial charge in [0.1, 0.15) is 0 Å². The molecule has 0 spiro atoms. The SMILES string of the molecule is C[C@@H]1CN(C[C@@H](O)c2ccccc2)CC[C@H]1Nc1ccccc1. The normalized spacial score (nSPS) is 23.4. The number of benzene rings is 2. The minimum absolute atomic E-state index is 0.401. The van der Waals surface area contributed by atoms with Gasteiger partial charge in [0, 0.05) is 31.4 Å². The van der Waals surface area contributed by atoms with Gasteiger partial charge in [0.15, 0.2) is 0 Å². The zero-order chi connectivity index (χ0) is 16.1. The van der Waals surface area contributed by atoms with Crippen molar-refractivity contribution in [1.29, 1.82) is 0 Å². The maximum Gasteiger partial charge on any atom is 0.0916 e. The van der Waals surface area contributed by atoms with Crippen LogP contribution in [0.15, 0.2) is 60.7 Å². The van der Waals surface area contributed by atoms with Crippen molar-refractivity contribution in [3.8, 4) is 0 Å². The second kappa shape index (κ2) is 7.62. The van der Waals surface area contributed by atoms with Crippen molar-refractivity contribution in [3.05, 3.63) is 66.2 Å². The minimum atomic E-state index is -0.401. The number of rotatable bonds is 5. The summed E-state index contributed by atoms with van der Waals surface area (Å²) in [6.45, 7) is 5.06. The molecular weight excluding hydrogens is 284 g/mol. The van der Waals surface area contributed by atoms with Crippen LogP contribution in [0.2, 0.25) is 0 Å². The van der Waals surface area contributed by atoms with E-state index in [9.17, 15) is 5.11 Å². The molecule has 23 heavy (non-hydrogen) atoms. The smallest absolute Gasteiger partial charge is 0.0916 e. The van der Waals surface area contributed by atoms with E-state index in [0.29, 0.717) is 18.5 Å². The highest BCUT2D eigenvalue weighted by atomic mass is 16.3. The Labute approximate surface area is 139 Å². The summed E-state index contributed by atoms with van der Waals surface area (Å²) in [7, 11) is 0. The molecule has 122 valence electrons. The number of para-hydroxylation sites is 1. The van der Waals surface area contributed by atoms with Crippen molar-refractivity contribution < 1.29 is 5.11 Å². The van der Waals surface area contributed by atoms with E-state index in [4.69, 9.17) is 0 Å². The molecule has 2 N–H and O–H groups in total. The van der Waals surface area contributed by atoms with Gasteiger partial charge in [-0.15, -0.1) is 0 Å². The molecule has 3 atom stereocenters. The van der Waals surface area contributed by atoms with E-state index in [0.717, 1.165) is 25.1 Å². The van der Waals surface area contributed by atoms with Crippen molar-refractivity contribution >= 4 is 5.69 Å². The summed E-state index contributed by atoms with van der Waals surface area (Å²) in [4.78, 5) is 2.38. The molecule has 3 rings (SSSR count). The number of aliphatic hydroxyl groups is 1. The second-order valence-corrected chi connectivity index (χ2v) is 6.57. The van der Waals surface area contributed by atoms with Gasteiger partial charge in [0.05, 0.1) is 6.10 Å². The summed E-state index contributed by atoms with van der Waals surface area (Å²) in [5.41, 5.74) is 2.20. The van der Waals surface area contributed by atoms with Crippen LogP contribution in [0.25, 0.3) is 0 Å². The van der Waals surface area contributed by atoms with Crippen LogP contribution in [0.3, 0.4) is 0 Å². The largest absolute Gasteiger partial charge is 0.387 e. The van der Waals surface area contributed by atoms with Crippen LogP contribution >= 0.6 is 0 Å². The summed E-state index contributed by atoms with van der Waals surface area (Å²) >= 11 is 0. The van der Waals surface area contributed by atoms with Gasteiger partial charge in [-0.3, -0.25) is 4.90 Å². The number of hydrogen-bond donors (Lipinski definition) is 2. The molecule has 2 aromatic rings. The summed E-state index contributed by atoms with van der Waals surface area (Å²) < 4.78 is 0. The number of nitrogens with one attached hydrogen (secondary N) is 1. The molecule has 1 fully saturated rings. The fourth-order valence-electron chi connectivity index (χ4n) is 3.39. The van der Waals surface area contributed by atoms with E-state index < -0.39 is 6.10 Å². The van der Waals surface area contributed by atoms with Crippen LogP contribution in [0, 0.1) is 5.92 Å². The van der Waals surface area contributed by atoms with Gasteiger partial charge in [-0.1, -0.05) is 55.5 Å². The van der Waals surface area contributed by atoms with Gasteiger partial charge < -0.3 is 10.4 Å². The number of hydrogen-bond acceptors (Lipinski definition) is 3. The lowest BCUT2D eigenvalue weighted by atomic mass is 9.93. The first-order valence-electron chi connectivity index (χ1n) is 8.49. The van der Waals surface area contributed by atoms with E-state index in [1.165, 1.54) is 5.69 Å². The maximum atomic E-state index is 10.4. The number of β-amino-alcohol motifs (C(OH)–C–C–N with tert-alkyl or cyclic N) is 1. The molecule has 0 aliphatic carbocycles. The number of aliphatic hydroxyl groups excluding tert-OH is 1. The van der Waals surface area contributed by atoms with Gasteiger partial charge in [-0.05, 0) is 30.0 Å². The molecule has 0 unspecified atom stereocenters. The maximum absolute atomic E-state index is 10.4. The third kappa shape index (κ3) is 4.34. The first kappa shape index (κ1) is 16.0. The molecule has 0 saturated carbocycles. The van der Waals surface area contributed by atoms with E-state index in [2.05, 4.69) is 41.4 Å². The first-order valence-corrected chi connectivity index (χ1v) is 8.49. The highest BCUT2D eigenvalue weighted by molar-refractivity contribution is 5.43. The topological polar surface area (TPSA) is 35.5 Å². The van der Waals surface area contributed by atoms with Gasteiger partial charge in [0.25, 0.3) is 0 Å². The Bertz CT molecular complexity index is 587. The number of likely N-dealkylation sites (tertiary alicyclic amines) is 1. The lowest BCUT2D eigenvalue weighted by Gasteiger charge is -2.38. The monoisotopic (exact) mass is 310 g/mol. The standard InChI is InChI=1S/C20H26N2O/c1-16-14-22(15-20(23)17-8-4-2-5-9-17)13-12-19(16)21-18-10-6-3-7-11-18/h2-11,16,19-21,23H,12-15H2,1H3/t16-,19-,20-/m1/s1. The Morgan fingerprint density at radius 3 is 2.39 bits per heavy atom. The van der Waals surface area contributed by atoms with Crippen LogP contribution in [0.4, 0.5) is 5.69 Å². The quantitative estimate of drug-likeness (QED) is 0.886. The van der Waals surface area contributed by atoms with E-state index in [-0.39, 0.29) is 0 Å². The molecule has 1 aliphatic rings. The van der Waals surface area contributed by atoms with Crippen molar-refractivity contribution in [1.82, 2.24) is 4.90 Å². The minimum Gasteiger partial charge on any atom is -0.387 e. The summed E-state index contributed by atoms with van der Waals surface area (Å²) in [6.07, 6.45) is 0.708. The molecule has 0 amide bonds. The zero-order valence-corrected chi connectivity index (χ0v) is 13.7. The van der Waals surface area contributed by atoms with Gasteiger partial charge >= 0.3 is 0 Å². The van der Waals surface area contributed by atoms with Crippen LogP contribution in [0.1, 0.15) is 25.0 Å². The first-order chi connectivity index (χ1) is 11.2. The van der Waals surface area contributed by atoms with Crippen molar-refractivity contribution in [2.75, 3.05) is 25.0 Å². The van der Waals surface area contributed by atoms with Crippen molar-refractivity contribution in [3.63, 3.8) is 0 Å². The number of nitrogens with zero attached hydrogens (tertiary/aromatic N) is 1. The Balaban J connectivity index is 1.52. The molecule has 2 aromatic carbocycles. The lowest BCUT2D eigenvalue weighted by molar-refractivity contribution is 0.0837. The molecule has 0 radical (unpaired) electrons. The number of piperidine rings is 1. The highest BCUT2D eigenvalue weighted by Crippen LogP contribution is 2.23. The van der Waals surface area contributed by atoms with Crippen LogP contribution in [0.5, 0.6) is 0 Å². The third-order valence-electron chi connectivity index (χ3n) is 4.73. The molecule has 1 aliphatic heterocycles. The van der Waals surface area contributed by atoms with E-state index >= 15 is 0 Å². The predicted molar refractivity (Wildman–Crippen MR) is 95.5 cm³/mol. The average molecular weight is 310 g/mol. The van der Waals surface area contributed by atoms with E-state index in [1.807, 2.05) is 36.4 Å². The predicted octanol–water partition coefficient (Wildman–Crippen LogP) is 3.54. The van der Waals surface area contributed by atoms with Crippen LogP contribution < -0.4 is 5.32 Å². The molecule has 1 heterocycles. The highest BCUT2D eigenvalue weighted by Gasteiger charge is 2.27. The Hall–Kier alpha value is -1.84. The van der Waals surface area contributed by atoms with Gasteiger partial charge in [-0.25, -0.2) is 0 Å². The van der Waals surface area contributed by atoms with Crippen molar-refractivity contribution in [2.24, 2.45) is 5.92 Å². The molecule has 0 bridgehead atoms. The van der Waals surface area contributed by atoms with E-state index in [1.54, 1.807) is 0 Å². The molecular formula is C20H26N2O. The van der Waals surface area contributed by atoms with Crippen LogP contribution in [-0.4, -0.2) is 35.7 Å². The Morgan fingerprint density at radius 2 is 1.74 bits per heavy atom. The van der Waals surface area contributed by atoms with Gasteiger partial charge in [-0.2, -0.15) is 0 Å². The fourth-order valence-corrected chi connectivity index (χ4v) is 3.39. The Kier molecular flexibility index (Phi) is 5.31.